The van der Waals surface area contributed by atoms with E-state index < -0.39 is 11.2 Å². The molecule has 17 heavy (non-hydrogen) atoms. The van der Waals surface area contributed by atoms with Crippen LogP contribution < -0.4 is 0 Å². The van der Waals surface area contributed by atoms with Gasteiger partial charge in [-0.2, -0.15) is 0 Å². The monoisotopic (exact) mass is 244 g/mol. The summed E-state index contributed by atoms with van der Waals surface area (Å²) in [6, 6.07) is 0. The maximum atomic E-state index is 12.0. The van der Waals surface area contributed by atoms with Gasteiger partial charge in [0.2, 0.25) is 0 Å². The zero-order valence-electron chi connectivity index (χ0n) is 11.5. The molecule has 1 atom stereocenters. The second-order valence-electron chi connectivity index (χ2n) is 5.54. The Morgan fingerprint density at radius 1 is 1.29 bits per heavy atom. The van der Waals surface area contributed by atoms with Crippen LogP contribution in [0.15, 0.2) is 0 Å². The molecule has 100 valence electrons. The van der Waals surface area contributed by atoms with Gasteiger partial charge in [-0.15, -0.1) is 0 Å². The number of hydrogen-bond donors (Lipinski definition) is 0. The molecule has 0 N–H and O–H groups in total. The Morgan fingerprint density at radius 2 is 1.82 bits per heavy atom. The van der Waals surface area contributed by atoms with Crippen molar-refractivity contribution in [2.45, 2.75) is 59.4 Å². The lowest BCUT2D eigenvalue weighted by atomic mass is 9.91. The van der Waals surface area contributed by atoms with Crippen LogP contribution in [0.3, 0.4) is 0 Å². The third-order valence-corrected chi connectivity index (χ3v) is 2.97. The Hall–Kier alpha value is -0.610. The smallest absolute Gasteiger partial charge is 0.316 e. The first-order valence-electron chi connectivity index (χ1n) is 6.28. The number of carbonyl (C=O) groups excluding carboxylic acids is 1. The molecule has 0 saturated carbocycles. The Bertz CT molecular complexity index is 263. The van der Waals surface area contributed by atoms with Gasteiger partial charge in [0, 0.05) is 0 Å². The molecule has 1 unspecified atom stereocenters. The summed E-state index contributed by atoms with van der Waals surface area (Å²) in [5.41, 5.74) is -0.683. The van der Waals surface area contributed by atoms with Crippen LogP contribution in [0.25, 0.3) is 0 Å². The van der Waals surface area contributed by atoms with E-state index in [1.807, 2.05) is 27.7 Å². The molecule has 4 heteroatoms. The van der Waals surface area contributed by atoms with E-state index in [0.29, 0.717) is 13.2 Å². The van der Waals surface area contributed by atoms with E-state index in [1.54, 1.807) is 0 Å². The van der Waals surface area contributed by atoms with E-state index in [4.69, 9.17) is 14.2 Å². The molecular formula is C13H24O4. The van der Waals surface area contributed by atoms with Crippen LogP contribution in [0, 0.1) is 5.41 Å². The highest BCUT2D eigenvalue weighted by Crippen LogP contribution is 2.30. The highest BCUT2D eigenvalue weighted by atomic mass is 16.7. The molecule has 1 aliphatic heterocycles. The van der Waals surface area contributed by atoms with Crippen molar-refractivity contribution in [1.82, 2.24) is 0 Å². The van der Waals surface area contributed by atoms with E-state index in [0.717, 1.165) is 12.8 Å². The second-order valence-corrected chi connectivity index (χ2v) is 5.54. The van der Waals surface area contributed by atoms with Crippen molar-refractivity contribution in [2.24, 2.45) is 5.41 Å². The minimum atomic E-state index is -0.683. The van der Waals surface area contributed by atoms with Crippen LogP contribution in [0.5, 0.6) is 0 Å². The molecule has 0 aromatic carbocycles. The Labute approximate surface area is 104 Å². The van der Waals surface area contributed by atoms with Crippen molar-refractivity contribution < 1.29 is 19.0 Å². The van der Waals surface area contributed by atoms with Gasteiger partial charge in [0.25, 0.3) is 0 Å². The zero-order valence-corrected chi connectivity index (χ0v) is 11.5. The van der Waals surface area contributed by atoms with E-state index in [1.165, 1.54) is 0 Å². The fourth-order valence-corrected chi connectivity index (χ4v) is 1.66. The van der Waals surface area contributed by atoms with Gasteiger partial charge in [0.15, 0.2) is 5.79 Å². The predicted molar refractivity (Wildman–Crippen MR) is 64.6 cm³/mol. The second kappa shape index (κ2) is 5.36. The van der Waals surface area contributed by atoms with Crippen LogP contribution in [0.2, 0.25) is 0 Å². The summed E-state index contributed by atoms with van der Waals surface area (Å²) in [5, 5.41) is 0. The molecule has 1 heterocycles. The van der Waals surface area contributed by atoms with Crippen molar-refractivity contribution in [3.05, 3.63) is 0 Å². The van der Waals surface area contributed by atoms with Crippen LogP contribution in [-0.4, -0.2) is 31.1 Å². The van der Waals surface area contributed by atoms with Crippen LogP contribution in [-0.2, 0) is 19.0 Å². The Kier molecular flexibility index (Phi) is 4.55. The van der Waals surface area contributed by atoms with Gasteiger partial charge < -0.3 is 14.2 Å². The summed E-state index contributed by atoms with van der Waals surface area (Å²) in [6.45, 7) is 10.2. The summed E-state index contributed by atoms with van der Waals surface area (Å²) in [6.07, 6.45) is 1.85. The molecular weight excluding hydrogens is 220 g/mol. The fraction of sp³-hybridized carbons (Fsp3) is 0.923. The van der Waals surface area contributed by atoms with Crippen molar-refractivity contribution in [1.29, 1.82) is 0 Å². The molecule has 0 radical (unpaired) electrons. The molecule has 0 amide bonds. The van der Waals surface area contributed by atoms with Gasteiger partial charge in [0.1, 0.15) is 5.41 Å². The maximum absolute atomic E-state index is 12.0. The molecule has 1 rings (SSSR count). The first-order valence-corrected chi connectivity index (χ1v) is 6.28. The summed E-state index contributed by atoms with van der Waals surface area (Å²) in [5.74, 6) is -0.830. The zero-order chi connectivity index (χ0) is 13.1. The largest absolute Gasteiger partial charge is 0.462 e. The van der Waals surface area contributed by atoms with Crippen molar-refractivity contribution in [2.75, 3.05) is 13.2 Å². The summed E-state index contributed by atoms with van der Waals surface area (Å²) >= 11 is 0. The van der Waals surface area contributed by atoms with Gasteiger partial charge in [-0.25, -0.2) is 0 Å². The SMILES string of the molecule is CCCC(C)OC(=O)C1(C)COC(C)(C)OC1. The third kappa shape index (κ3) is 3.96. The lowest BCUT2D eigenvalue weighted by molar-refractivity contribution is -0.282. The van der Waals surface area contributed by atoms with Gasteiger partial charge in [-0.05, 0) is 34.1 Å². The Morgan fingerprint density at radius 3 is 2.29 bits per heavy atom. The molecule has 0 aliphatic carbocycles. The molecule has 0 aromatic rings. The van der Waals surface area contributed by atoms with Crippen LogP contribution >= 0.6 is 0 Å². The lowest BCUT2D eigenvalue weighted by Gasteiger charge is -2.40. The number of hydrogen-bond acceptors (Lipinski definition) is 4. The van der Waals surface area contributed by atoms with Gasteiger partial charge in [-0.1, -0.05) is 13.3 Å². The molecule has 0 bridgehead atoms. The normalized spacial score (nSPS) is 24.1. The average Bonchev–Trinajstić information content (AvgIpc) is 2.23. The molecule has 1 fully saturated rings. The van der Waals surface area contributed by atoms with E-state index in [-0.39, 0.29) is 12.1 Å². The van der Waals surface area contributed by atoms with Crippen LogP contribution in [0.1, 0.15) is 47.5 Å². The standard InChI is InChI=1S/C13H24O4/c1-6-7-10(2)17-11(14)13(5)8-15-12(3,4)16-9-13/h10H,6-9H2,1-5H3. The van der Waals surface area contributed by atoms with E-state index in [2.05, 4.69) is 6.92 Å². The predicted octanol–water partition coefficient (Wildman–Crippen LogP) is 2.51. The van der Waals surface area contributed by atoms with E-state index in [9.17, 15) is 4.79 Å². The molecule has 4 nitrogen and oxygen atoms in total. The fourth-order valence-electron chi connectivity index (χ4n) is 1.66. The first-order chi connectivity index (χ1) is 7.79. The Balaban J connectivity index is 2.51. The summed E-state index contributed by atoms with van der Waals surface area (Å²) < 4.78 is 16.4. The quantitative estimate of drug-likeness (QED) is 0.713. The topological polar surface area (TPSA) is 44.8 Å². The van der Waals surface area contributed by atoms with Crippen molar-refractivity contribution in [3.8, 4) is 0 Å². The molecule has 0 spiro atoms. The number of rotatable bonds is 4. The van der Waals surface area contributed by atoms with Gasteiger partial charge in [-0.3, -0.25) is 4.79 Å². The molecule has 0 aromatic heterocycles. The van der Waals surface area contributed by atoms with Crippen molar-refractivity contribution in [3.63, 3.8) is 0 Å². The minimum absolute atomic E-state index is 0.0424. The van der Waals surface area contributed by atoms with Crippen molar-refractivity contribution >= 4 is 5.97 Å². The average molecular weight is 244 g/mol. The third-order valence-electron chi connectivity index (χ3n) is 2.97. The number of carbonyl (C=O) groups is 1. The molecule has 1 aliphatic rings. The number of ether oxygens (including phenoxy) is 3. The maximum Gasteiger partial charge on any atom is 0.316 e. The molecule has 1 saturated heterocycles. The summed E-state index contributed by atoms with van der Waals surface area (Å²) in [4.78, 5) is 12.0. The lowest BCUT2D eigenvalue weighted by Crippen LogP contribution is -2.50. The number of esters is 1. The highest BCUT2D eigenvalue weighted by Gasteiger charge is 2.43. The summed E-state index contributed by atoms with van der Waals surface area (Å²) in [7, 11) is 0. The van der Waals surface area contributed by atoms with Crippen LogP contribution in [0.4, 0.5) is 0 Å². The first kappa shape index (κ1) is 14.5. The minimum Gasteiger partial charge on any atom is -0.462 e. The van der Waals surface area contributed by atoms with Gasteiger partial charge >= 0.3 is 5.97 Å². The van der Waals surface area contributed by atoms with Gasteiger partial charge in [0.05, 0.1) is 19.3 Å². The highest BCUT2D eigenvalue weighted by molar-refractivity contribution is 5.77. The van der Waals surface area contributed by atoms with E-state index >= 15 is 0 Å².